The van der Waals surface area contributed by atoms with Gasteiger partial charge in [0.15, 0.2) is 0 Å². The summed E-state index contributed by atoms with van der Waals surface area (Å²) >= 11 is 6.02. The fourth-order valence-electron chi connectivity index (χ4n) is 2.10. The van der Waals surface area contributed by atoms with E-state index in [2.05, 4.69) is 10.6 Å². The summed E-state index contributed by atoms with van der Waals surface area (Å²) in [5.74, 6) is 0.235. The molecule has 0 radical (unpaired) electrons. The molecular formula is C17H18ClFN2O3. The highest BCUT2D eigenvalue weighted by Gasteiger charge is 2.12. The Kier molecular flexibility index (Phi) is 6.40. The number of halogens is 2. The van der Waals surface area contributed by atoms with Gasteiger partial charge >= 0.3 is 0 Å². The maximum atomic E-state index is 13.5. The van der Waals surface area contributed by atoms with E-state index >= 15 is 0 Å². The zero-order chi connectivity index (χ0) is 17.5. The third kappa shape index (κ3) is 4.59. The lowest BCUT2D eigenvalue weighted by molar-refractivity contribution is -0.115. The van der Waals surface area contributed by atoms with Crippen molar-refractivity contribution in [2.75, 3.05) is 26.1 Å². The maximum Gasteiger partial charge on any atom is 0.238 e. The normalized spacial score (nSPS) is 10.3. The average Bonchev–Trinajstić information content (AvgIpc) is 2.57. The summed E-state index contributed by atoms with van der Waals surface area (Å²) in [7, 11) is 2.96. The Morgan fingerprint density at radius 1 is 1.17 bits per heavy atom. The van der Waals surface area contributed by atoms with E-state index in [-0.39, 0.29) is 24.8 Å². The van der Waals surface area contributed by atoms with Crippen LogP contribution >= 0.6 is 11.6 Å². The molecule has 1 amide bonds. The molecule has 0 aromatic heterocycles. The molecule has 0 unspecified atom stereocenters. The number of ether oxygens (including phenoxy) is 2. The predicted octanol–water partition coefficient (Wildman–Crippen LogP) is 3.22. The van der Waals surface area contributed by atoms with Gasteiger partial charge in [-0.25, -0.2) is 4.39 Å². The molecule has 24 heavy (non-hydrogen) atoms. The molecule has 0 aliphatic heterocycles. The van der Waals surface area contributed by atoms with Gasteiger partial charge in [0.25, 0.3) is 0 Å². The van der Waals surface area contributed by atoms with Gasteiger partial charge in [0.1, 0.15) is 17.3 Å². The molecule has 0 atom stereocenters. The zero-order valence-electron chi connectivity index (χ0n) is 13.4. The Balaban J connectivity index is 1.96. The summed E-state index contributed by atoms with van der Waals surface area (Å²) in [6.07, 6.45) is 0. The minimum atomic E-state index is -0.311. The monoisotopic (exact) mass is 352 g/mol. The van der Waals surface area contributed by atoms with Gasteiger partial charge in [0.2, 0.25) is 5.91 Å². The van der Waals surface area contributed by atoms with E-state index in [0.29, 0.717) is 27.8 Å². The minimum absolute atomic E-state index is 0.0163. The first kappa shape index (κ1) is 18.0. The predicted molar refractivity (Wildman–Crippen MR) is 91.3 cm³/mol. The lowest BCUT2D eigenvalue weighted by atomic mass is 10.2. The Hall–Kier alpha value is -2.31. The van der Waals surface area contributed by atoms with Crippen LogP contribution in [0.1, 0.15) is 5.56 Å². The van der Waals surface area contributed by atoms with Crippen molar-refractivity contribution in [3.63, 3.8) is 0 Å². The van der Waals surface area contributed by atoms with E-state index in [4.69, 9.17) is 21.1 Å². The van der Waals surface area contributed by atoms with Crippen LogP contribution < -0.4 is 20.1 Å². The van der Waals surface area contributed by atoms with Gasteiger partial charge < -0.3 is 20.1 Å². The molecular weight excluding hydrogens is 335 g/mol. The lowest BCUT2D eigenvalue weighted by Crippen LogP contribution is -2.28. The van der Waals surface area contributed by atoms with Crippen LogP contribution in [-0.2, 0) is 11.3 Å². The summed E-state index contributed by atoms with van der Waals surface area (Å²) in [5.41, 5.74) is 0.937. The van der Waals surface area contributed by atoms with Crippen molar-refractivity contribution in [2.45, 2.75) is 6.54 Å². The van der Waals surface area contributed by atoms with Crippen molar-refractivity contribution in [1.29, 1.82) is 0 Å². The highest BCUT2D eigenvalue weighted by atomic mass is 35.5. The molecule has 2 aromatic carbocycles. The molecule has 2 rings (SSSR count). The van der Waals surface area contributed by atoms with E-state index in [1.54, 1.807) is 30.3 Å². The Labute approximate surface area is 144 Å². The Bertz CT molecular complexity index is 725. The molecule has 5 nitrogen and oxygen atoms in total. The summed E-state index contributed by atoms with van der Waals surface area (Å²) in [5, 5.41) is 5.97. The number of rotatable bonds is 7. The number of methoxy groups -OCH3 is 2. The van der Waals surface area contributed by atoms with Crippen LogP contribution in [0.25, 0.3) is 0 Å². The maximum absolute atomic E-state index is 13.5. The number of hydrogen-bond acceptors (Lipinski definition) is 4. The van der Waals surface area contributed by atoms with Gasteiger partial charge in [0.05, 0.1) is 31.5 Å². The molecule has 2 aromatic rings. The summed E-state index contributed by atoms with van der Waals surface area (Å²) in [6.45, 7) is 0.267. The molecule has 0 saturated carbocycles. The highest BCUT2D eigenvalue weighted by Crippen LogP contribution is 2.35. The number of benzene rings is 2. The van der Waals surface area contributed by atoms with E-state index in [0.717, 1.165) is 0 Å². The molecule has 0 aliphatic carbocycles. The van der Waals surface area contributed by atoms with Crippen LogP contribution in [0.4, 0.5) is 10.1 Å². The van der Waals surface area contributed by atoms with Gasteiger partial charge in [-0.3, -0.25) is 4.79 Å². The molecule has 0 aliphatic rings. The lowest BCUT2D eigenvalue weighted by Gasteiger charge is -2.13. The number of anilines is 1. The first-order valence-corrected chi connectivity index (χ1v) is 7.58. The average molecular weight is 353 g/mol. The van der Waals surface area contributed by atoms with Crippen molar-refractivity contribution >= 4 is 23.2 Å². The van der Waals surface area contributed by atoms with Gasteiger partial charge in [-0.15, -0.1) is 0 Å². The van der Waals surface area contributed by atoms with Crippen molar-refractivity contribution in [2.24, 2.45) is 0 Å². The molecule has 7 heteroatoms. The number of carbonyl (C=O) groups excluding carboxylic acids is 1. The van der Waals surface area contributed by atoms with Gasteiger partial charge in [-0.1, -0.05) is 29.8 Å². The van der Waals surface area contributed by atoms with E-state index in [9.17, 15) is 9.18 Å². The topological polar surface area (TPSA) is 59.6 Å². The van der Waals surface area contributed by atoms with E-state index in [1.165, 1.54) is 20.3 Å². The standard InChI is InChI=1S/C17H18ClFN2O3/c1-23-15-8-14(16(24-2)7-12(15)18)21-17(22)10-20-9-11-5-3-4-6-13(11)19/h3-8,20H,9-10H2,1-2H3,(H,21,22). The number of carbonyl (C=O) groups is 1. The van der Waals surface area contributed by atoms with Gasteiger partial charge in [-0.2, -0.15) is 0 Å². The van der Waals surface area contributed by atoms with Crippen molar-refractivity contribution in [1.82, 2.24) is 5.32 Å². The molecule has 0 saturated heterocycles. The largest absolute Gasteiger partial charge is 0.495 e. The second-order valence-electron chi connectivity index (χ2n) is 4.93. The Morgan fingerprint density at radius 2 is 1.88 bits per heavy atom. The second kappa shape index (κ2) is 8.52. The summed E-state index contributed by atoms with van der Waals surface area (Å²) in [4.78, 5) is 12.0. The van der Waals surface area contributed by atoms with E-state index in [1.807, 2.05) is 0 Å². The third-order valence-electron chi connectivity index (χ3n) is 3.31. The SMILES string of the molecule is COc1cc(NC(=O)CNCc2ccccc2F)c(OC)cc1Cl. The van der Waals surface area contributed by atoms with Crippen molar-refractivity contribution < 1.29 is 18.7 Å². The quantitative estimate of drug-likeness (QED) is 0.803. The van der Waals surface area contributed by atoms with Crippen LogP contribution in [0, 0.1) is 5.82 Å². The fourth-order valence-corrected chi connectivity index (χ4v) is 2.34. The second-order valence-corrected chi connectivity index (χ2v) is 5.34. The van der Waals surface area contributed by atoms with Crippen LogP contribution in [0.15, 0.2) is 36.4 Å². The first-order valence-electron chi connectivity index (χ1n) is 7.20. The van der Waals surface area contributed by atoms with Crippen LogP contribution in [0.2, 0.25) is 5.02 Å². The minimum Gasteiger partial charge on any atom is -0.495 e. The van der Waals surface area contributed by atoms with Crippen LogP contribution in [0.3, 0.4) is 0 Å². The summed E-state index contributed by atoms with van der Waals surface area (Å²) in [6, 6.07) is 9.53. The molecule has 128 valence electrons. The van der Waals surface area contributed by atoms with Crippen LogP contribution in [0.5, 0.6) is 11.5 Å². The molecule has 0 fully saturated rings. The first-order chi connectivity index (χ1) is 11.5. The van der Waals surface area contributed by atoms with Crippen LogP contribution in [-0.4, -0.2) is 26.7 Å². The zero-order valence-corrected chi connectivity index (χ0v) is 14.1. The Morgan fingerprint density at radius 3 is 2.54 bits per heavy atom. The third-order valence-corrected chi connectivity index (χ3v) is 3.60. The number of amides is 1. The summed E-state index contributed by atoms with van der Waals surface area (Å²) < 4.78 is 23.8. The molecule has 2 N–H and O–H groups in total. The number of hydrogen-bond donors (Lipinski definition) is 2. The van der Waals surface area contributed by atoms with Gasteiger partial charge in [-0.05, 0) is 6.07 Å². The smallest absolute Gasteiger partial charge is 0.238 e. The molecule has 0 spiro atoms. The van der Waals surface area contributed by atoms with Crippen molar-refractivity contribution in [3.8, 4) is 11.5 Å². The van der Waals surface area contributed by atoms with E-state index < -0.39 is 0 Å². The molecule has 0 bridgehead atoms. The highest BCUT2D eigenvalue weighted by molar-refractivity contribution is 6.32. The van der Waals surface area contributed by atoms with Crippen molar-refractivity contribution in [3.05, 3.63) is 52.8 Å². The number of nitrogens with one attached hydrogen (secondary N) is 2. The van der Waals surface area contributed by atoms with Gasteiger partial charge in [0, 0.05) is 24.2 Å². The molecule has 0 heterocycles. The fraction of sp³-hybridized carbons (Fsp3) is 0.235.